The van der Waals surface area contributed by atoms with Gasteiger partial charge in [0.05, 0.1) is 42.3 Å². The van der Waals surface area contributed by atoms with Gasteiger partial charge in [0.1, 0.15) is 0 Å². The Morgan fingerprint density at radius 2 is 0.471 bits per heavy atom. The topological polar surface area (TPSA) is 49.4 Å². The summed E-state index contributed by atoms with van der Waals surface area (Å²) < 4.78 is 0. The van der Waals surface area contributed by atoms with Gasteiger partial charge in [-0.3, -0.25) is 20.0 Å². The van der Waals surface area contributed by atoms with Crippen LogP contribution >= 0.6 is 47.0 Å². The summed E-state index contributed by atoms with van der Waals surface area (Å²) >= 11 is 7.44. The third kappa shape index (κ3) is 8.03. The predicted molar refractivity (Wildman–Crippen MR) is 304 cm³/mol. The van der Waals surface area contributed by atoms with Crippen LogP contribution in [0.5, 0.6) is 0 Å². The first kappa shape index (κ1) is 44.1. The standard InChI is InChI=1S/C60H54N4S4/c1-57(2)31-65-53(61-57)39-17-9-35(10-18-39)47-29-48(36-11-19-40(20-12-36)54-62-58(3,4)32-66-54)44-27-28-46-50(38-15-23-42(24-16-38)56-64-60(7,8)34-68-56)30-49(45-26-25-43(47)51(44)52(45)46)37-13-21-41(22-14-37)55-63-59(5,6)33-67-55/h9-30H,31-34H2,1-8H3. The van der Waals surface area contributed by atoms with Gasteiger partial charge in [0.15, 0.2) is 0 Å². The van der Waals surface area contributed by atoms with E-state index in [9.17, 15) is 0 Å². The number of hydrogen-bond donors (Lipinski definition) is 0. The van der Waals surface area contributed by atoms with Crippen LogP contribution in [0.4, 0.5) is 0 Å². The van der Waals surface area contributed by atoms with Crippen molar-refractivity contribution < 1.29 is 0 Å². The highest BCUT2D eigenvalue weighted by atomic mass is 32.2. The van der Waals surface area contributed by atoms with E-state index in [0.29, 0.717) is 0 Å². The zero-order valence-corrected chi connectivity index (χ0v) is 43.2. The van der Waals surface area contributed by atoms with Gasteiger partial charge in [0, 0.05) is 45.3 Å². The third-order valence-corrected chi connectivity index (χ3v) is 19.3. The Hall–Kier alpha value is -5.12. The van der Waals surface area contributed by atoms with Crippen LogP contribution in [0.25, 0.3) is 76.8 Å². The lowest BCUT2D eigenvalue weighted by atomic mass is 9.81. The molecule has 0 radical (unpaired) electrons. The van der Waals surface area contributed by atoms with Crippen LogP contribution in [0, 0.1) is 0 Å². The van der Waals surface area contributed by atoms with E-state index in [4.69, 9.17) is 20.0 Å². The summed E-state index contributed by atoms with van der Waals surface area (Å²) in [6.07, 6.45) is 0. The van der Waals surface area contributed by atoms with Gasteiger partial charge >= 0.3 is 0 Å². The lowest BCUT2D eigenvalue weighted by Crippen LogP contribution is -2.15. The lowest BCUT2D eigenvalue weighted by molar-refractivity contribution is 0.605. The van der Waals surface area contributed by atoms with Crippen LogP contribution in [-0.4, -0.2) is 65.3 Å². The quantitative estimate of drug-likeness (QED) is 0.142. The second-order valence-electron chi connectivity index (χ2n) is 21.4. The Bertz CT molecular complexity index is 3010. The Balaban J connectivity index is 1.08. The fraction of sp³-hybridized carbons (Fsp3) is 0.267. The molecular formula is C60H54N4S4. The predicted octanol–water partition coefficient (Wildman–Crippen LogP) is 16.3. The normalized spacial score (nSPS) is 19.2. The number of benzene rings is 8. The van der Waals surface area contributed by atoms with Crippen LogP contribution in [0.3, 0.4) is 0 Å². The van der Waals surface area contributed by atoms with E-state index in [1.54, 1.807) is 0 Å². The highest BCUT2D eigenvalue weighted by Gasteiger charge is 2.30. The van der Waals surface area contributed by atoms with Crippen LogP contribution in [-0.2, 0) is 0 Å². The molecule has 0 bridgehead atoms. The Morgan fingerprint density at radius 1 is 0.279 bits per heavy atom. The molecule has 0 spiro atoms. The highest BCUT2D eigenvalue weighted by molar-refractivity contribution is 8.15. The molecule has 8 aromatic carbocycles. The molecule has 0 aromatic heterocycles. The zero-order valence-electron chi connectivity index (χ0n) is 40.0. The fourth-order valence-corrected chi connectivity index (χ4v) is 14.7. The Labute approximate surface area is 417 Å². The Kier molecular flexibility index (Phi) is 10.5. The smallest absolute Gasteiger partial charge is 0.0984 e. The van der Waals surface area contributed by atoms with E-state index in [1.807, 2.05) is 47.0 Å². The molecule has 4 aliphatic heterocycles. The molecule has 0 saturated carbocycles. The minimum absolute atomic E-state index is 0.0434. The van der Waals surface area contributed by atoms with Crippen LogP contribution in [0.2, 0.25) is 0 Å². The first-order chi connectivity index (χ1) is 32.6. The van der Waals surface area contributed by atoms with Crippen molar-refractivity contribution in [3.8, 4) is 44.5 Å². The molecule has 0 atom stereocenters. The molecule has 0 aliphatic carbocycles. The monoisotopic (exact) mass is 958 g/mol. The van der Waals surface area contributed by atoms with E-state index in [0.717, 1.165) is 43.2 Å². The molecular weight excluding hydrogens is 905 g/mol. The fourth-order valence-electron chi connectivity index (χ4n) is 10.0. The van der Waals surface area contributed by atoms with E-state index in [1.165, 1.54) is 99.1 Å². The molecule has 0 fully saturated rings. The van der Waals surface area contributed by atoms with Crippen LogP contribution < -0.4 is 0 Å². The minimum atomic E-state index is -0.0434. The van der Waals surface area contributed by atoms with E-state index < -0.39 is 0 Å². The van der Waals surface area contributed by atoms with Crippen molar-refractivity contribution in [2.45, 2.75) is 77.5 Å². The average molecular weight is 959 g/mol. The molecule has 4 heterocycles. The first-order valence-electron chi connectivity index (χ1n) is 23.7. The molecule has 4 nitrogen and oxygen atoms in total. The van der Waals surface area contributed by atoms with Gasteiger partial charge in [0.2, 0.25) is 0 Å². The largest absolute Gasteiger partial charge is 0.271 e. The van der Waals surface area contributed by atoms with Crippen molar-refractivity contribution in [1.29, 1.82) is 0 Å². The molecule has 4 aliphatic rings. The SMILES string of the molecule is CC1(C)CSC(c2ccc(-c3cc(-c4ccc(C5=NC(C)(C)CS5)cc4)c4ccc5c(-c6ccc(C7=NC(C)(C)CS7)cc6)cc(-c6ccc(C7=NC(C)(C)CS7)cc6)c6ccc3c4c65)cc2)=N1. The van der Waals surface area contributed by atoms with Gasteiger partial charge in [-0.05, 0) is 144 Å². The summed E-state index contributed by atoms with van der Waals surface area (Å²) in [5, 5.41) is 12.1. The number of hydrogen-bond acceptors (Lipinski definition) is 8. The second kappa shape index (κ2) is 16.2. The molecule has 0 N–H and O–H groups in total. The summed E-state index contributed by atoms with van der Waals surface area (Å²) in [6.45, 7) is 17.8. The van der Waals surface area contributed by atoms with Crippen LogP contribution in [0.15, 0.2) is 153 Å². The molecule has 12 rings (SSSR count). The maximum atomic E-state index is 5.08. The van der Waals surface area contributed by atoms with E-state index >= 15 is 0 Å². The molecule has 8 heteroatoms. The van der Waals surface area contributed by atoms with Crippen molar-refractivity contribution in [3.63, 3.8) is 0 Å². The summed E-state index contributed by atoms with van der Waals surface area (Å²) in [7, 11) is 0. The van der Waals surface area contributed by atoms with E-state index in [2.05, 4.69) is 189 Å². The second-order valence-corrected chi connectivity index (χ2v) is 25.3. The number of nitrogens with zero attached hydrogens (tertiary/aromatic N) is 4. The van der Waals surface area contributed by atoms with Crippen molar-refractivity contribution in [1.82, 2.24) is 0 Å². The summed E-state index contributed by atoms with van der Waals surface area (Å²) in [5.41, 5.74) is 14.3. The Morgan fingerprint density at radius 3 is 0.647 bits per heavy atom. The minimum Gasteiger partial charge on any atom is -0.271 e. The van der Waals surface area contributed by atoms with Crippen molar-refractivity contribution >= 4 is 99.5 Å². The maximum Gasteiger partial charge on any atom is 0.0984 e. The molecule has 0 unspecified atom stereocenters. The number of rotatable bonds is 8. The van der Waals surface area contributed by atoms with Gasteiger partial charge in [-0.25, -0.2) is 0 Å². The molecule has 338 valence electrons. The van der Waals surface area contributed by atoms with Gasteiger partial charge in [-0.15, -0.1) is 47.0 Å². The summed E-state index contributed by atoms with van der Waals surface area (Å²) in [4.78, 5) is 20.3. The van der Waals surface area contributed by atoms with Gasteiger partial charge < -0.3 is 0 Å². The van der Waals surface area contributed by atoms with Crippen LogP contribution in [0.1, 0.15) is 77.6 Å². The van der Waals surface area contributed by atoms with Crippen molar-refractivity contribution in [2.75, 3.05) is 23.0 Å². The first-order valence-corrected chi connectivity index (χ1v) is 27.6. The molecule has 0 amide bonds. The van der Waals surface area contributed by atoms with Gasteiger partial charge in [-0.1, -0.05) is 121 Å². The maximum absolute atomic E-state index is 5.08. The summed E-state index contributed by atoms with van der Waals surface area (Å²) in [6, 6.07) is 51.1. The summed E-state index contributed by atoms with van der Waals surface area (Å²) in [5.74, 6) is 4.01. The van der Waals surface area contributed by atoms with Crippen molar-refractivity contribution in [3.05, 3.63) is 156 Å². The molecule has 0 saturated heterocycles. The number of aliphatic imine (C=N–C) groups is 4. The number of thioether (sulfide) groups is 4. The van der Waals surface area contributed by atoms with E-state index in [-0.39, 0.29) is 22.2 Å². The zero-order chi connectivity index (χ0) is 46.7. The third-order valence-electron chi connectivity index (χ3n) is 13.5. The van der Waals surface area contributed by atoms with Gasteiger partial charge in [0.25, 0.3) is 0 Å². The highest BCUT2D eigenvalue weighted by Crippen LogP contribution is 2.49. The molecule has 68 heavy (non-hydrogen) atoms. The van der Waals surface area contributed by atoms with Crippen molar-refractivity contribution in [2.24, 2.45) is 20.0 Å². The average Bonchev–Trinajstić information content (AvgIpc) is 4.11. The van der Waals surface area contributed by atoms with Gasteiger partial charge in [-0.2, -0.15) is 0 Å². The lowest BCUT2D eigenvalue weighted by Gasteiger charge is -2.22. The molecule has 8 aromatic rings.